The van der Waals surface area contributed by atoms with Crippen LogP contribution in [0.5, 0.6) is 0 Å². The summed E-state index contributed by atoms with van der Waals surface area (Å²) in [6, 6.07) is 4.18. The first-order valence-electron chi connectivity index (χ1n) is 6.14. The zero-order valence-electron chi connectivity index (χ0n) is 10.4. The minimum absolute atomic E-state index is 0.138. The molecular formula is C13H15BN2O2. The van der Waals surface area contributed by atoms with E-state index in [-0.39, 0.29) is 5.97 Å². The van der Waals surface area contributed by atoms with Crippen LogP contribution in [0.25, 0.3) is 6.08 Å². The van der Waals surface area contributed by atoms with Crippen LogP contribution in [0.15, 0.2) is 23.9 Å². The zero-order valence-corrected chi connectivity index (χ0v) is 10.4. The number of esters is 1. The topological polar surface area (TPSA) is 34.5 Å². The molecule has 0 N–H and O–H groups in total. The molecule has 3 rings (SSSR count). The number of hydrogen-bond donors (Lipinski definition) is 0. The molecule has 0 bridgehead atoms. The van der Waals surface area contributed by atoms with Crippen LogP contribution >= 0.6 is 0 Å². The van der Waals surface area contributed by atoms with Crippen molar-refractivity contribution in [3.05, 3.63) is 29.6 Å². The molecule has 3 heterocycles. The van der Waals surface area contributed by atoms with E-state index in [2.05, 4.69) is 45.5 Å². The van der Waals surface area contributed by atoms with Crippen molar-refractivity contribution in [1.29, 1.82) is 0 Å². The van der Waals surface area contributed by atoms with E-state index in [4.69, 9.17) is 0 Å². The summed E-state index contributed by atoms with van der Waals surface area (Å²) in [5, 5.41) is 0. The van der Waals surface area contributed by atoms with Gasteiger partial charge >= 0.3 is 106 Å². The third kappa shape index (κ3) is 2.01. The number of fused-ring (bicyclic) bond motifs is 2. The summed E-state index contributed by atoms with van der Waals surface area (Å²) in [7, 11) is 1.43. The van der Waals surface area contributed by atoms with Crippen LogP contribution < -0.4 is 0 Å². The standard InChI is InChI=1S/C13H15BN2O2/c1-18-13(17)5-4-10-8-16-9-15-6-2-3-11(15)7-12(16)14-10/h2-3,6-7H,4-5,8-9H2,1H3. The molecule has 0 unspecified atom stereocenters. The molecule has 92 valence electrons. The Morgan fingerprint density at radius 1 is 1.56 bits per heavy atom. The van der Waals surface area contributed by atoms with E-state index < -0.39 is 0 Å². The van der Waals surface area contributed by atoms with Crippen LogP contribution in [-0.2, 0) is 16.2 Å². The molecule has 1 aromatic heterocycles. The third-order valence-electron chi connectivity index (χ3n) is 3.47. The number of methoxy groups -OCH3 is 1. The maximum absolute atomic E-state index is 11.1. The van der Waals surface area contributed by atoms with Gasteiger partial charge in [-0.15, -0.1) is 0 Å². The van der Waals surface area contributed by atoms with E-state index in [1.807, 2.05) is 0 Å². The number of carbonyl (C=O) groups is 1. The molecule has 4 nitrogen and oxygen atoms in total. The van der Waals surface area contributed by atoms with Gasteiger partial charge in [-0.25, -0.2) is 0 Å². The van der Waals surface area contributed by atoms with Gasteiger partial charge in [0.1, 0.15) is 0 Å². The van der Waals surface area contributed by atoms with Crippen molar-refractivity contribution in [3.8, 4) is 0 Å². The van der Waals surface area contributed by atoms with Gasteiger partial charge in [0.2, 0.25) is 0 Å². The van der Waals surface area contributed by atoms with Gasteiger partial charge in [-0.05, 0) is 0 Å². The molecule has 0 saturated heterocycles. The van der Waals surface area contributed by atoms with Crippen molar-refractivity contribution < 1.29 is 9.53 Å². The average molecular weight is 242 g/mol. The number of carbonyl (C=O) groups excluding carboxylic acids is 1. The van der Waals surface area contributed by atoms with E-state index in [0.717, 1.165) is 19.6 Å². The molecule has 5 heteroatoms. The molecule has 0 saturated carbocycles. The summed E-state index contributed by atoms with van der Waals surface area (Å²) in [6.45, 7) is 4.01. The first-order chi connectivity index (χ1) is 8.76. The predicted molar refractivity (Wildman–Crippen MR) is 71.1 cm³/mol. The fourth-order valence-electron chi connectivity index (χ4n) is 2.49. The summed E-state index contributed by atoms with van der Waals surface area (Å²) in [5.41, 5.74) is 3.80. The van der Waals surface area contributed by atoms with Crippen LogP contribution in [0.2, 0.25) is 0 Å². The first-order valence-corrected chi connectivity index (χ1v) is 6.14. The van der Waals surface area contributed by atoms with Gasteiger partial charge in [0, 0.05) is 0 Å². The van der Waals surface area contributed by atoms with E-state index in [1.54, 1.807) is 0 Å². The second-order valence-corrected chi connectivity index (χ2v) is 4.69. The number of ether oxygens (including phenoxy) is 1. The van der Waals surface area contributed by atoms with Gasteiger partial charge < -0.3 is 0 Å². The van der Waals surface area contributed by atoms with E-state index in [1.165, 1.54) is 23.9 Å². The third-order valence-corrected chi connectivity index (χ3v) is 3.47. The molecular weight excluding hydrogens is 227 g/mol. The van der Waals surface area contributed by atoms with Gasteiger partial charge in [0.25, 0.3) is 0 Å². The van der Waals surface area contributed by atoms with Crippen LogP contribution in [0.3, 0.4) is 0 Å². The number of rotatable bonds is 3. The second kappa shape index (κ2) is 4.48. The molecule has 2 aliphatic heterocycles. The van der Waals surface area contributed by atoms with Gasteiger partial charge in [0.05, 0.1) is 0 Å². The quantitative estimate of drug-likeness (QED) is 0.583. The molecule has 0 amide bonds. The Bertz CT molecular complexity index is 545. The fourth-order valence-corrected chi connectivity index (χ4v) is 2.49. The molecule has 0 atom stereocenters. The zero-order chi connectivity index (χ0) is 12.5. The van der Waals surface area contributed by atoms with Crippen molar-refractivity contribution in [1.82, 2.24) is 9.47 Å². The van der Waals surface area contributed by atoms with E-state index in [0.29, 0.717) is 6.42 Å². The van der Waals surface area contributed by atoms with E-state index in [9.17, 15) is 4.79 Å². The van der Waals surface area contributed by atoms with E-state index >= 15 is 0 Å². The summed E-state index contributed by atoms with van der Waals surface area (Å²) in [6.07, 6.45) is 5.54. The predicted octanol–water partition coefficient (Wildman–Crippen LogP) is 0.903. The van der Waals surface area contributed by atoms with Gasteiger partial charge in [-0.2, -0.15) is 0 Å². The Hall–Kier alpha value is -1.78. The summed E-state index contributed by atoms with van der Waals surface area (Å²) < 4.78 is 6.89. The minimum atomic E-state index is -0.138. The molecule has 2 aliphatic rings. The first kappa shape index (κ1) is 11.3. The number of hydrogen-bond acceptors (Lipinski definition) is 3. The Kier molecular flexibility index (Phi) is 2.82. The van der Waals surface area contributed by atoms with Crippen LogP contribution in [0.1, 0.15) is 18.5 Å². The Morgan fingerprint density at radius 2 is 2.44 bits per heavy atom. The van der Waals surface area contributed by atoms with Crippen molar-refractivity contribution in [3.63, 3.8) is 0 Å². The monoisotopic (exact) mass is 242 g/mol. The van der Waals surface area contributed by atoms with Crippen LogP contribution in [-0.4, -0.2) is 41.5 Å². The maximum atomic E-state index is 11.1. The molecule has 0 spiro atoms. The number of aromatic nitrogens is 1. The van der Waals surface area contributed by atoms with Crippen molar-refractivity contribution in [2.75, 3.05) is 13.7 Å². The molecule has 0 fully saturated rings. The fraction of sp³-hybridized carbons (Fsp3) is 0.385. The van der Waals surface area contributed by atoms with Crippen LogP contribution in [0, 0.1) is 0 Å². The Balaban J connectivity index is 1.71. The molecule has 0 radical (unpaired) electrons. The Labute approximate surface area is 107 Å². The summed E-state index contributed by atoms with van der Waals surface area (Å²) >= 11 is 0. The Morgan fingerprint density at radius 3 is 3.28 bits per heavy atom. The number of nitrogens with zero attached hydrogens (tertiary/aromatic N) is 2. The molecule has 1 aromatic rings. The van der Waals surface area contributed by atoms with Crippen LogP contribution in [0.4, 0.5) is 0 Å². The van der Waals surface area contributed by atoms with Crippen molar-refractivity contribution in [2.45, 2.75) is 19.5 Å². The van der Waals surface area contributed by atoms with Crippen molar-refractivity contribution >= 4 is 24.4 Å². The molecule has 0 aromatic carbocycles. The SMILES string of the molecule is COC(=O)CCC1=BC2=Cc3cccn3CN2C1. The molecule has 18 heavy (non-hydrogen) atoms. The van der Waals surface area contributed by atoms with Crippen molar-refractivity contribution in [2.24, 2.45) is 0 Å². The van der Waals surface area contributed by atoms with Gasteiger partial charge in [0.15, 0.2) is 0 Å². The molecule has 0 aliphatic carbocycles. The van der Waals surface area contributed by atoms with Gasteiger partial charge in [-0.3, -0.25) is 0 Å². The normalized spacial score (nSPS) is 16.4. The summed E-state index contributed by atoms with van der Waals surface area (Å²) in [4.78, 5) is 13.5. The second-order valence-electron chi connectivity index (χ2n) is 4.69. The van der Waals surface area contributed by atoms with Gasteiger partial charge in [-0.1, -0.05) is 0 Å². The average Bonchev–Trinajstić information content (AvgIpc) is 2.97. The summed E-state index contributed by atoms with van der Waals surface area (Å²) in [5.74, 6) is -0.138.